The van der Waals surface area contributed by atoms with Crippen LogP contribution in [0.25, 0.3) is 11.0 Å². The lowest BCUT2D eigenvalue weighted by Crippen LogP contribution is -2.17. The lowest BCUT2D eigenvalue weighted by molar-refractivity contribution is -0.115. The van der Waals surface area contributed by atoms with E-state index in [1.54, 1.807) is 12.3 Å². The van der Waals surface area contributed by atoms with Crippen LogP contribution in [0.4, 0.5) is 5.69 Å². The van der Waals surface area contributed by atoms with Gasteiger partial charge in [0.15, 0.2) is 11.5 Å². The Hall–Kier alpha value is -2.95. The minimum atomic E-state index is -0.101. The lowest BCUT2D eigenvalue weighted by atomic mass is 9.86. The van der Waals surface area contributed by atoms with Gasteiger partial charge in [-0.15, -0.1) is 0 Å². The van der Waals surface area contributed by atoms with E-state index in [1.165, 1.54) is 5.56 Å². The van der Waals surface area contributed by atoms with Gasteiger partial charge in [-0.2, -0.15) is 0 Å². The highest BCUT2D eigenvalue weighted by Gasteiger charge is 2.18. The average Bonchev–Trinajstić information content (AvgIpc) is 3.03. The molecule has 5 heteroatoms. The van der Waals surface area contributed by atoms with Crippen molar-refractivity contribution in [3.05, 3.63) is 53.8 Å². The van der Waals surface area contributed by atoms with Crippen LogP contribution in [0.5, 0.6) is 11.5 Å². The molecule has 0 bridgehead atoms. The van der Waals surface area contributed by atoms with Crippen LogP contribution >= 0.6 is 0 Å². The Bertz CT molecular complexity index is 997. The van der Waals surface area contributed by atoms with Gasteiger partial charge in [0.1, 0.15) is 18.8 Å². The Labute approximate surface area is 158 Å². The molecule has 0 aliphatic carbocycles. The molecule has 3 aromatic rings. The van der Waals surface area contributed by atoms with E-state index in [0.717, 1.165) is 16.5 Å². The fraction of sp³-hybridized carbons (Fsp3) is 0.318. The van der Waals surface area contributed by atoms with Gasteiger partial charge in [0.25, 0.3) is 0 Å². The Kier molecular flexibility index (Phi) is 4.30. The van der Waals surface area contributed by atoms with Gasteiger partial charge in [0, 0.05) is 22.7 Å². The second-order valence-electron chi connectivity index (χ2n) is 7.81. The highest BCUT2D eigenvalue weighted by molar-refractivity contribution is 5.95. The molecule has 5 nitrogen and oxygen atoms in total. The number of carbonyl (C=O) groups is 1. The van der Waals surface area contributed by atoms with Crippen LogP contribution in [0.2, 0.25) is 0 Å². The molecule has 0 spiro atoms. The first-order chi connectivity index (χ1) is 12.9. The first-order valence-electron chi connectivity index (χ1n) is 9.10. The number of amides is 1. The van der Waals surface area contributed by atoms with Gasteiger partial charge in [-0.3, -0.25) is 4.79 Å². The third kappa shape index (κ3) is 3.63. The number of furan rings is 1. The summed E-state index contributed by atoms with van der Waals surface area (Å²) >= 11 is 0. The topological polar surface area (TPSA) is 60.7 Å². The third-order valence-corrected chi connectivity index (χ3v) is 4.70. The van der Waals surface area contributed by atoms with Gasteiger partial charge >= 0.3 is 0 Å². The first kappa shape index (κ1) is 17.5. The maximum atomic E-state index is 12.5. The molecule has 1 aromatic heterocycles. The van der Waals surface area contributed by atoms with Crippen LogP contribution in [0, 0.1) is 0 Å². The van der Waals surface area contributed by atoms with Crippen LogP contribution in [-0.2, 0) is 16.6 Å². The molecule has 0 radical (unpaired) electrons. The van der Waals surface area contributed by atoms with Crippen molar-refractivity contribution in [1.82, 2.24) is 0 Å². The van der Waals surface area contributed by atoms with Crippen molar-refractivity contribution in [2.24, 2.45) is 0 Å². The Balaban J connectivity index is 1.53. The number of hydrogen-bond donors (Lipinski definition) is 1. The summed E-state index contributed by atoms with van der Waals surface area (Å²) < 4.78 is 16.7. The molecule has 1 aliphatic rings. The molecule has 0 atom stereocenters. The number of nitrogens with one attached hydrogen (secondary N) is 1. The van der Waals surface area contributed by atoms with E-state index in [9.17, 15) is 4.79 Å². The summed E-state index contributed by atoms with van der Waals surface area (Å²) in [4.78, 5) is 12.5. The normalized spacial score (nSPS) is 13.6. The molecule has 0 unspecified atom stereocenters. The number of benzene rings is 2. The van der Waals surface area contributed by atoms with Crippen molar-refractivity contribution in [1.29, 1.82) is 0 Å². The summed E-state index contributed by atoms with van der Waals surface area (Å²) in [6.07, 6.45) is 1.91. The molecule has 0 fully saturated rings. The Morgan fingerprint density at radius 2 is 1.81 bits per heavy atom. The Morgan fingerprint density at radius 3 is 2.59 bits per heavy atom. The van der Waals surface area contributed by atoms with Crippen molar-refractivity contribution in [3.63, 3.8) is 0 Å². The van der Waals surface area contributed by atoms with E-state index in [0.29, 0.717) is 30.4 Å². The van der Waals surface area contributed by atoms with Gasteiger partial charge in [0.2, 0.25) is 5.91 Å². The maximum absolute atomic E-state index is 12.5. The summed E-state index contributed by atoms with van der Waals surface area (Å²) in [6, 6.07) is 11.6. The van der Waals surface area contributed by atoms with E-state index in [4.69, 9.17) is 13.9 Å². The molecule has 4 rings (SSSR count). The molecular weight excluding hydrogens is 342 g/mol. The maximum Gasteiger partial charge on any atom is 0.228 e. The second kappa shape index (κ2) is 6.65. The molecule has 2 aromatic carbocycles. The standard InChI is InChI=1S/C22H23NO4/c1-22(2,3)15-4-6-18-17(11-15)14(13-27-18)10-21(24)23-16-5-7-19-20(12-16)26-9-8-25-19/h4-7,11-13H,8-10H2,1-3H3,(H,23,24). The van der Waals surface area contributed by atoms with E-state index >= 15 is 0 Å². The predicted octanol–water partition coefficient (Wildman–Crippen LogP) is 4.68. The summed E-state index contributed by atoms with van der Waals surface area (Å²) in [5, 5.41) is 3.91. The van der Waals surface area contributed by atoms with Crippen LogP contribution in [-0.4, -0.2) is 19.1 Å². The van der Waals surface area contributed by atoms with Gasteiger partial charge in [-0.1, -0.05) is 26.8 Å². The van der Waals surface area contributed by atoms with E-state index < -0.39 is 0 Å². The van der Waals surface area contributed by atoms with E-state index in [-0.39, 0.29) is 17.7 Å². The van der Waals surface area contributed by atoms with E-state index in [2.05, 4.69) is 38.2 Å². The lowest BCUT2D eigenvalue weighted by Gasteiger charge is -2.19. The number of hydrogen-bond acceptors (Lipinski definition) is 4. The van der Waals surface area contributed by atoms with Crippen molar-refractivity contribution in [2.45, 2.75) is 32.6 Å². The number of ether oxygens (including phenoxy) is 2. The van der Waals surface area contributed by atoms with Gasteiger partial charge < -0.3 is 19.2 Å². The molecule has 0 saturated carbocycles. The molecule has 27 heavy (non-hydrogen) atoms. The molecule has 1 N–H and O–H groups in total. The fourth-order valence-corrected chi connectivity index (χ4v) is 3.18. The number of rotatable bonds is 3. The minimum absolute atomic E-state index is 0.0379. The summed E-state index contributed by atoms with van der Waals surface area (Å²) in [5.74, 6) is 1.26. The average molecular weight is 365 g/mol. The van der Waals surface area contributed by atoms with Crippen LogP contribution < -0.4 is 14.8 Å². The smallest absolute Gasteiger partial charge is 0.228 e. The minimum Gasteiger partial charge on any atom is -0.486 e. The van der Waals surface area contributed by atoms with Crippen molar-refractivity contribution in [2.75, 3.05) is 18.5 Å². The molecular formula is C22H23NO4. The van der Waals surface area contributed by atoms with Crippen LogP contribution in [0.15, 0.2) is 47.1 Å². The van der Waals surface area contributed by atoms with Crippen molar-refractivity contribution in [3.8, 4) is 11.5 Å². The molecule has 1 amide bonds. The number of anilines is 1. The second-order valence-corrected chi connectivity index (χ2v) is 7.81. The summed E-state index contributed by atoms with van der Waals surface area (Å²) in [7, 11) is 0. The highest BCUT2D eigenvalue weighted by Crippen LogP contribution is 2.33. The predicted molar refractivity (Wildman–Crippen MR) is 105 cm³/mol. The van der Waals surface area contributed by atoms with Gasteiger partial charge in [-0.25, -0.2) is 0 Å². The van der Waals surface area contributed by atoms with Crippen LogP contribution in [0.3, 0.4) is 0 Å². The number of fused-ring (bicyclic) bond motifs is 2. The summed E-state index contributed by atoms with van der Waals surface area (Å²) in [5.41, 5.74) is 3.62. The zero-order valence-corrected chi connectivity index (χ0v) is 15.8. The van der Waals surface area contributed by atoms with Gasteiger partial charge in [-0.05, 0) is 35.2 Å². The molecule has 0 saturated heterocycles. The highest BCUT2D eigenvalue weighted by atomic mass is 16.6. The number of carbonyl (C=O) groups excluding carboxylic acids is 1. The van der Waals surface area contributed by atoms with Gasteiger partial charge in [0.05, 0.1) is 12.7 Å². The largest absolute Gasteiger partial charge is 0.486 e. The van der Waals surface area contributed by atoms with Crippen LogP contribution in [0.1, 0.15) is 31.9 Å². The zero-order chi connectivity index (χ0) is 19.0. The van der Waals surface area contributed by atoms with E-state index in [1.807, 2.05) is 18.2 Å². The third-order valence-electron chi connectivity index (χ3n) is 4.70. The fourth-order valence-electron chi connectivity index (χ4n) is 3.18. The molecule has 140 valence electrons. The first-order valence-corrected chi connectivity index (χ1v) is 9.10. The monoisotopic (exact) mass is 365 g/mol. The Morgan fingerprint density at radius 1 is 1.04 bits per heavy atom. The SMILES string of the molecule is CC(C)(C)c1ccc2occ(CC(=O)Nc3ccc4c(c3)OCCO4)c2c1. The molecule has 1 aliphatic heterocycles. The summed E-state index contributed by atoms with van der Waals surface area (Å²) in [6.45, 7) is 7.57. The quantitative estimate of drug-likeness (QED) is 0.732. The zero-order valence-electron chi connectivity index (χ0n) is 15.8. The molecule has 2 heterocycles. The van der Waals surface area contributed by atoms with Crippen molar-refractivity contribution >= 4 is 22.6 Å². The van der Waals surface area contributed by atoms with Crippen molar-refractivity contribution < 1.29 is 18.7 Å².